The summed E-state index contributed by atoms with van der Waals surface area (Å²) in [6.07, 6.45) is 2.28. The van der Waals surface area contributed by atoms with Crippen LogP contribution in [0, 0.1) is 0 Å². The van der Waals surface area contributed by atoms with Crippen LogP contribution in [0.2, 0.25) is 0 Å². The second kappa shape index (κ2) is 2.71. The smallest absolute Gasteiger partial charge is 0.100 e. The maximum absolute atomic E-state index is 9.92. The zero-order valence-electron chi connectivity index (χ0n) is 9.46. The number of rotatable bonds is 2. The lowest BCUT2D eigenvalue weighted by Crippen LogP contribution is -2.50. The average Bonchev–Trinajstić information content (AvgIpc) is 2.57. The zero-order chi connectivity index (χ0) is 10.6. The molecule has 0 aromatic carbocycles. The Bertz CT molecular complexity index is 251. The molecule has 1 N–H and O–H groups in total. The van der Waals surface area contributed by atoms with E-state index in [9.17, 15) is 5.11 Å². The molecule has 0 radical (unpaired) electrons. The van der Waals surface area contributed by atoms with E-state index in [0.29, 0.717) is 6.42 Å². The van der Waals surface area contributed by atoms with Crippen LogP contribution < -0.4 is 0 Å². The van der Waals surface area contributed by atoms with E-state index in [4.69, 9.17) is 9.47 Å². The number of fused-ring (bicyclic) bond motifs is 2. The largest absolute Gasteiger partial charge is 0.390 e. The van der Waals surface area contributed by atoms with Crippen molar-refractivity contribution < 1.29 is 14.6 Å². The number of methoxy groups -OCH3 is 1. The van der Waals surface area contributed by atoms with Crippen LogP contribution in [0.3, 0.4) is 0 Å². The molecule has 2 fully saturated rings. The molecule has 3 atom stereocenters. The molecule has 82 valence electrons. The van der Waals surface area contributed by atoms with Crippen LogP contribution in [-0.2, 0) is 9.47 Å². The van der Waals surface area contributed by atoms with E-state index >= 15 is 0 Å². The first-order valence-electron chi connectivity index (χ1n) is 5.29. The molecule has 0 saturated carbocycles. The Morgan fingerprint density at radius 3 is 2.43 bits per heavy atom. The number of hydrogen-bond acceptors (Lipinski definition) is 3. The summed E-state index contributed by atoms with van der Waals surface area (Å²) in [5.41, 5.74) is -0.937. The Labute approximate surface area is 85.4 Å². The first kappa shape index (κ1) is 10.4. The third-order valence-electron chi connectivity index (χ3n) is 4.29. The molecule has 0 spiro atoms. The fourth-order valence-corrected chi connectivity index (χ4v) is 2.76. The summed E-state index contributed by atoms with van der Waals surface area (Å²) in [6.45, 7) is 6.08. The van der Waals surface area contributed by atoms with E-state index in [1.54, 1.807) is 7.11 Å². The van der Waals surface area contributed by atoms with Crippen molar-refractivity contribution in [3.8, 4) is 0 Å². The summed E-state index contributed by atoms with van der Waals surface area (Å²) in [5.74, 6) is 0. The molecule has 2 heterocycles. The third-order valence-corrected chi connectivity index (χ3v) is 4.29. The lowest BCUT2D eigenvalue weighted by molar-refractivity contribution is -0.165. The Kier molecular flexibility index (Phi) is 2.02. The summed E-state index contributed by atoms with van der Waals surface area (Å²) in [7, 11) is 1.71. The number of hydrogen-bond donors (Lipinski definition) is 1. The van der Waals surface area contributed by atoms with Crippen molar-refractivity contribution in [2.45, 2.75) is 62.9 Å². The van der Waals surface area contributed by atoms with E-state index in [1.807, 2.05) is 20.8 Å². The van der Waals surface area contributed by atoms with Crippen LogP contribution in [0.1, 0.15) is 40.0 Å². The molecule has 0 aliphatic carbocycles. The van der Waals surface area contributed by atoms with Crippen molar-refractivity contribution in [2.24, 2.45) is 0 Å². The third kappa shape index (κ3) is 1.09. The quantitative estimate of drug-likeness (QED) is 0.734. The minimum atomic E-state index is -0.342. The molecule has 0 unspecified atom stereocenters. The van der Waals surface area contributed by atoms with Gasteiger partial charge in [-0.15, -0.1) is 0 Å². The van der Waals surface area contributed by atoms with Crippen molar-refractivity contribution in [2.75, 3.05) is 7.11 Å². The van der Waals surface area contributed by atoms with Crippen LogP contribution in [-0.4, -0.2) is 35.1 Å². The van der Waals surface area contributed by atoms with E-state index in [2.05, 4.69) is 0 Å². The van der Waals surface area contributed by atoms with Gasteiger partial charge in [-0.25, -0.2) is 0 Å². The number of ether oxygens (including phenoxy) is 2. The van der Waals surface area contributed by atoms with Crippen LogP contribution in [0.5, 0.6) is 0 Å². The SMILES string of the molecule is COC(C)(C)[C@@]12CC[C@@](C)(O1)[C@@H](O)C2. The first-order valence-corrected chi connectivity index (χ1v) is 5.29. The van der Waals surface area contributed by atoms with Gasteiger partial charge in [0.05, 0.1) is 17.3 Å². The Hall–Kier alpha value is -0.120. The highest BCUT2D eigenvalue weighted by atomic mass is 16.6. The zero-order valence-corrected chi connectivity index (χ0v) is 9.46. The number of aliphatic hydroxyl groups excluding tert-OH is 1. The van der Waals surface area contributed by atoms with Crippen molar-refractivity contribution in [3.63, 3.8) is 0 Å². The molecule has 0 amide bonds. The molecule has 3 heteroatoms. The van der Waals surface area contributed by atoms with E-state index in [0.717, 1.165) is 12.8 Å². The Morgan fingerprint density at radius 1 is 1.43 bits per heavy atom. The molecular weight excluding hydrogens is 180 g/mol. The maximum Gasteiger partial charge on any atom is 0.100 e. The van der Waals surface area contributed by atoms with E-state index < -0.39 is 0 Å². The van der Waals surface area contributed by atoms with E-state index in [1.165, 1.54) is 0 Å². The van der Waals surface area contributed by atoms with Crippen molar-refractivity contribution in [1.82, 2.24) is 0 Å². The van der Waals surface area contributed by atoms with Crippen molar-refractivity contribution in [3.05, 3.63) is 0 Å². The first-order chi connectivity index (χ1) is 6.35. The molecule has 2 rings (SSSR count). The highest BCUT2D eigenvalue weighted by Gasteiger charge is 2.64. The normalized spacial score (nSPS) is 47.4. The van der Waals surface area contributed by atoms with Crippen molar-refractivity contribution >= 4 is 0 Å². The summed E-state index contributed by atoms with van der Waals surface area (Å²) in [4.78, 5) is 0. The summed E-state index contributed by atoms with van der Waals surface area (Å²) >= 11 is 0. The van der Waals surface area contributed by atoms with Gasteiger partial charge in [0, 0.05) is 13.5 Å². The second-order valence-corrected chi connectivity index (χ2v) is 5.34. The Morgan fingerprint density at radius 2 is 2.07 bits per heavy atom. The van der Waals surface area contributed by atoms with Crippen molar-refractivity contribution in [1.29, 1.82) is 0 Å². The summed E-state index contributed by atoms with van der Waals surface area (Å²) in [5, 5.41) is 9.92. The van der Waals surface area contributed by atoms with Gasteiger partial charge in [-0.1, -0.05) is 0 Å². The van der Waals surface area contributed by atoms with Gasteiger partial charge in [-0.2, -0.15) is 0 Å². The molecule has 2 aliphatic heterocycles. The van der Waals surface area contributed by atoms with Crippen LogP contribution in [0.4, 0.5) is 0 Å². The average molecular weight is 200 g/mol. The monoisotopic (exact) mass is 200 g/mol. The van der Waals surface area contributed by atoms with Gasteiger partial charge in [-0.05, 0) is 33.6 Å². The Balaban J connectivity index is 2.29. The maximum atomic E-state index is 9.92. The molecule has 3 nitrogen and oxygen atoms in total. The minimum absolute atomic E-state index is 0.282. The lowest BCUT2D eigenvalue weighted by atomic mass is 9.73. The van der Waals surface area contributed by atoms with Crippen LogP contribution >= 0.6 is 0 Å². The summed E-state index contributed by atoms with van der Waals surface area (Å²) < 4.78 is 11.5. The number of aliphatic hydroxyl groups is 1. The molecule has 0 aromatic rings. The second-order valence-electron chi connectivity index (χ2n) is 5.34. The fourth-order valence-electron chi connectivity index (χ4n) is 2.76. The highest BCUT2D eigenvalue weighted by molar-refractivity contribution is 5.14. The lowest BCUT2D eigenvalue weighted by Gasteiger charge is -2.40. The van der Waals surface area contributed by atoms with Crippen LogP contribution in [0.25, 0.3) is 0 Å². The molecule has 2 bridgehead atoms. The topological polar surface area (TPSA) is 38.7 Å². The minimum Gasteiger partial charge on any atom is -0.390 e. The van der Waals surface area contributed by atoms with Gasteiger partial charge < -0.3 is 14.6 Å². The van der Waals surface area contributed by atoms with Gasteiger partial charge >= 0.3 is 0 Å². The van der Waals surface area contributed by atoms with Gasteiger partial charge in [0.1, 0.15) is 5.60 Å². The molecule has 2 aliphatic rings. The van der Waals surface area contributed by atoms with E-state index in [-0.39, 0.29) is 22.9 Å². The molecule has 2 saturated heterocycles. The van der Waals surface area contributed by atoms with Gasteiger partial charge in [0.2, 0.25) is 0 Å². The highest BCUT2D eigenvalue weighted by Crippen LogP contribution is 2.55. The molecule has 0 aromatic heterocycles. The standard InChI is InChI=1S/C11H20O3/c1-9(2,13-4)11-6-5-10(3,14-11)8(12)7-11/h8,12H,5-7H2,1-4H3/t8-,10+,11-/m0/s1. The molecule has 14 heavy (non-hydrogen) atoms. The van der Waals surface area contributed by atoms with Gasteiger partial charge in [0.25, 0.3) is 0 Å². The predicted molar refractivity (Wildman–Crippen MR) is 53.2 cm³/mol. The predicted octanol–water partition coefficient (Wildman–Crippen LogP) is 1.48. The summed E-state index contributed by atoms with van der Waals surface area (Å²) in [6, 6.07) is 0. The molecular formula is C11H20O3. The fraction of sp³-hybridized carbons (Fsp3) is 1.00. The van der Waals surface area contributed by atoms with Gasteiger partial charge in [-0.3, -0.25) is 0 Å². The van der Waals surface area contributed by atoms with Crippen LogP contribution in [0.15, 0.2) is 0 Å². The van der Waals surface area contributed by atoms with Gasteiger partial charge in [0.15, 0.2) is 0 Å².